The molecule has 6 N–H and O–H groups in total. The predicted octanol–water partition coefficient (Wildman–Crippen LogP) is 3.56. The fourth-order valence-corrected chi connectivity index (χ4v) is 11.5. The summed E-state index contributed by atoms with van der Waals surface area (Å²) in [5, 5.41) is 63.1. The molecule has 0 spiro atoms. The molecule has 11 nitrogen and oxygen atoms in total. The summed E-state index contributed by atoms with van der Waals surface area (Å²) in [4.78, 5) is 25.9. The van der Waals surface area contributed by atoms with E-state index < -0.39 is 55.0 Å². The fourth-order valence-electron chi connectivity index (χ4n) is 11.5. The summed E-state index contributed by atoms with van der Waals surface area (Å²) >= 11 is 0. The number of hydrogen-bond acceptors (Lipinski definition) is 10. The van der Waals surface area contributed by atoms with E-state index in [1.807, 2.05) is 0 Å². The highest BCUT2D eigenvalue weighted by Crippen LogP contribution is 2.69. The number of ketones is 1. The van der Waals surface area contributed by atoms with E-state index in [1.165, 1.54) is 0 Å². The number of benzene rings is 1. The first kappa shape index (κ1) is 36.7. The highest BCUT2D eigenvalue weighted by Gasteiger charge is 2.65. The molecule has 11 heteroatoms. The highest BCUT2D eigenvalue weighted by molar-refractivity contribution is 6.02. The first-order valence-electron chi connectivity index (χ1n) is 18.3. The van der Waals surface area contributed by atoms with Crippen molar-refractivity contribution in [2.24, 2.45) is 46.3 Å². The van der Waals surface area contributed by atoms with Gasteiger partial charge in [0.1, 0.15) is 35.8 Å². The molecule has 1 aliphatic heterocycles. The van der Waals surface area contributed by atoms with Gasteiger partial charge in [-0.3, -0.25) is 9.59 Å². The second-order valence-corrected chi connectivity index (χ2v) is 16.5. The summed E-state index contributed by atoms with van der Waals surface area (Å²) in [7, 11) is 1.55. The Labute approximate surface area is 289 Å². The van der Waals surface area contributed by atoms with Gasteiger partial charge >= 0.3 is 5.97 Å². The molecule has 0 radical (unpaired) electrons. The van der Waals surface area contributed by atoms with Crippen LogP contribution < -0.4 is 4.74 Å². The van der Waals surface area contributed by atoms with Crippen LogP contribution in [0.2, 0.25) is 0 Å². The molecule has 5 fully saturated rings. The Hall–Kier alpha value is -2.12. The van der Waals surface area contributed by atoms with Gasteiger partial charge in [-0.2, -0.15) is 0 Å². The maximum Gasteiger partial charge on any atom is 0.303 e. The van der Waals surface area contributed by atoms with Crippen LogP contribution in [0.3, 0.4) is 0 Å². The maximum absolute atomic E-state index is 14.6. The molecule has 0 aromatic heterocycles. The van der Waals surface area contributed by atoms with Gasteiger partial charge in [0.25, 0.3) is 0 Å². The van der Waals surface area contributed by atoms with Crippen LogP contribution in [0.5, 0.6) is 5.75 Å². The van der Waals surface area contributed by atoms with E-state index >= 15 is 0 Å². The minimum atomic E-state index is -1.66. The van der Waals surface area contributed by atoms with Crippen molar-refractivity contribution in [1.82, 2.24) is 0 Å². The third-order valence-electron chi connectivity index (χ3n) is 14.3. The number of carbonyl (C=O) groups is 2. The summed E-state index contributed by atoms with van der Waals surface area (Å²) < 4.78 is 17.6. The number of carboxylic acid groups (broad SMARTS) is 1. The van der Waals surface area contributed by atoms with Crippen LogP contribution in [0.1, 0.15) is 95.3 Å². The van der Waals surface area contributed by atoms with Crippen molar-refractivity contribution in [1.29, 1.82) is 0 Å². The van der Waals surface area contributed by atoms with Crippen molar-refractivity contribution in [3.8, 4) is 5.75 Å². The molecule has 1 heterocycles. The minimum absolute atomic E-state index is 0.0399. The van der Waals surface area contributed by atoms with Gasteiger partial charge in [-0.1, -0.05) is 20.8 Å². The molecule has 1 aromatic rings. The number of fused-ring (bicyclic) bond motifs is 5. The number of carboxylic acids is 1. The molecule has 49 heavy (non-hydrogen) atoms. The van der Waals surface area contributed by atoms with E-state index in [4.69, 9.17) is 14.2 Å². The number of ether oxygens (including phenoxy) is 3. The molecule has 15 atom stereocenters. The molecular formula is C38H56O11. The number of Topliss-reactive ketones (excluding diaryl/α,β-unsaturated/α-hetero) is 1. The van der Waals surface area contributed by atoms with E-state index in [0.717, 1.165) is 25.7 Å². The molecule has 6 rings (SSSR count). The third-order valence-corrected chi connectivity index (χ3v) is 14.3. The number of aliphatic hydroxyl groups is 5. The number of methoxy groups -OCH3 is 1. The number of carbonyl (C=O) groups excluding carboxylic acids is 1. The van der Waals surface area contributed by atoms with Crippen molar-refractivity contribution in [2.75, 3.05) is 13.7 Å². The molecule has 4 aliphatic carbocycles. The van der Waals surface area contributed by atoms with Crippen LogP contribution in [-0.2, 0) is 14.3 Å². The van der Waals surface area contributed by atoms with Crippen molar-refractivity contribution < 1.29 is 54.4 Å². The quantitative estimate of drug-likeness (QED) is 0.156. The Morgan fingerprint density at radius 3 is 2.29 bits per heavy atom. The second-order valence-electron chi connectivity index (χ2n) is 16.5. The average Bonchev–Trinajstić information content (AvgIpc) is 3.45. The van der Waals surface area contributed by atoms with Gasteiger partial charge in [-0.05, 0) is 128 Å². The molecule has 4 saturated carbocycles. The van der Waals surface area contributed by atoms with Gasteiger partial charge in [-0.15, -0.1) is 0 Å². The largest absolute Gasteiger partial charge is 0.497 e. The Morgan fingerprint density at radius 1 is 0.939 bits per heavy atom. The first-order chi connectivity index (χ1) is 23.2. The van der Waals surface area contributed by atoms with Gasteiger partial charge in [0.2, 0.25) is 0 Å². The lowest BCUT2D eigenvalue weighted by Crippen LogP contribution is -2.64. The lowest BCUT2D eigenvalue weighted by atomic mass is 9.42. The summed E-state index contributed by atoms with van der Waals surface area (Å²) in [6, 6.07) is 6.75. The predicted molar refractivity (Wildman–Crippen MR) is 178 cm³/mol. The molecule has 274 valence electrons. The van der Waals surface area contributed by atoms with Crippen molar-refractivity contribution in [3.05, 3.63) is 29.8 Å². The lowest BCUT2D eigenvalue weighted by molar-refractivity contribution is -0.327. The fraction of sp³-hybridized carbons (Fsp3) is 0.789. The van der Waals surface area contributed by atoms with Crippen LogP contribution in [0.25, 0.3) is 0 Å². The molecule has 1 saturated heterocycles. The maximum atomic E-state index is 14.6. The minimum Gasteiger partial charge on any atom is -0.497 e. The molecule has 0 amide bonds. The third kappa shape index (κ3) is 6.25. The van der Waals surface area contributed by atoms with Crippen LogP contribution in [0.15, 0.2) is 24.3 Å². The zero-order valence-electron chi connectivity index (χ0n) is 29.2. The topological polar surface area (TPSA) is 183 Å². The van der Waals surface area contributed by atoms with Gasteiger partial charge in [0, 0.05) is 12.0 Å². The molecule has 0 bridgehead atoms. The van der Waals surface area contributed by atoms with Gasteiger partial charge in [0.15, 0.2) is 12.1 Å². The average molecular weight is 689 g/mol. The van der Waals surface area contributed by atoms with E-state index in [-0.39, 0.29) is 47.2 Å². The number of rotatable bonds is 10. The van der Waals surface area contributed by atoms with Crippen molar-refractivity contribution >= 4 is 11.8 Å². The van der Waals surface area contributed by atoms with E-state index in [0.29, 0.717) is 54.7 Å². The normalized spacial score (nSPS) is 45.4. The number of aliphatic hydroxyl groups excluding tert-OH is 5. The first-order valence-corrected chi connectivity index (χ1v) is 18.3. The smallest absolute Gasteiger partial charge is 0.303 e. The molecule has 5 aliphatic rings. The van der Waals surface area contributed by atoms with Gasteiger partial charge in [0.05, 0.1) is 19.8 Å². The number of hydrogen-bond donors (Lipinski definition) is 6. The zero-order chi connectivity index (χ0) is 35.5. The van der Waals surface area contributed by atoms with Crippen molar-refractivity contribution in [3.63, 3.8) is 0 Å². The standard InChI is InChI=1S/C38H56O11/c1-20(5-12-29(41)42)24-10-11-25-30-26(13-14-37(24,25)3)36(2)15-16-38(18-22(36)17-27(30)40,34(46)21-6-8-23(47-4)9-7-21)49-35-33(45)32(44)31(43)28(19-39)48-35/h6-9,20,22,24-28,30-33,35,39-40,43-45H,5,10-19H2,1-4H3,(H,41,42)/t20-,22?,24-,25+,26+,27-,28-,30+,31-,32+,33-,35?,36+,37-,38+/m1/s1. The van der Waals surface area contributed by atoms with Gasteiger partial charge < -0.3 is 44.8 Å². The van der Waals surface area contributed by atoms with Crippen LogP contribution in [-0.4, -0.2) is 98.5 Å². The summed E-state index contributed by atoms with van der Waals surface area (Å²) in [5.41, 5.74) is -1.20. The Bertz CT molecular complexity index is 1350. The van der Waals surface area contributed by atoms with Crippen LogP contribution in [0, 0.1) is 46.3 Å². The van der Waals surface area contributed by atoms with Crippen molar-refractivity contribution in [2.45, 2.75) is 127 Å². The van der Waals surface area contributed by atoms with Crippen LogP contribution in [0.4, 0.5) is 0 Å². The van der Waals surface area contributed by atoms with E-state index in [1.54, 1.807) is 31.4 Å². The monoisotopic (exact) mass is 688 g/mol. The van der Waals surface area contributed by atoms with E-state index in [9.17, 15) is 40.2 Å². The Morgan fingerprint density at radius 2 is 1.63 bits per heavy atom. The SMILES string of the molecule is COc1ccc(C(=O)[C@]2(OC3O[C@H](CO)[C@@H](O)[C@H](O)[C@H]3O)CC[C@@]3(C)C(C[C@@H](O)[C@H]4[C@@H]5CC[C@H]([C@H](C)CCC(=O)O)[C@@]5(C)CC[C@@H]43)C2)cc1. The van der Waals surface area contributed by atoms with Gasteiger partial charge in [-0.25, -0.2) is 0 Å². The summed E-state index contributed by atoms with van der Waals surface area (Å²) in [5.74, 6) is 0.876. The zero-order valence-corrected chi connectivity index (χ0v) is 29.2. The Balaban J connectivity index is 1.28. The summed E-state index contributed by atoms with van der Waals surface area (Å²) in [6.45, 7) is 6.26. The molecule has 2 unspecified atom stereocenters. The van der Waals surface area contributed by atoms with E-state index in [2.05, 4.69) is 20.8 Å². The van der Waals surface area contributed by atoms with Crippen LogP contribution >= 0.6 is 0 Å². The lowest BCUT2D eigenvalue weighted by Gasteiger charge is -2.63. The Kier molecular flexibility index (Phi) is 10.3. The summed E-state index contributed by atoms with van der Waals surface area (Å²) in [6.07, 6.45) is -1.44. The highest BCUT2D eigenvalue weighted by atomic mass is 16.7. The molecular weight excluding hydrogens is 632 g/mol. The molecule has 1 aromatic carbocycles. The second kappa shape index (κ2) is 13.8. The number of aliphatic carboxylic acids is 1.